The summed E-state index contributed by atoms with van der Waals surface area (Å²) >= 11 is 5.93. The van der Waals surface area contributed by atoms with Gasteiger partial charge in [0, 0.05) is 12.3 Å². The van der Waals surface area contributed by atoms with Gasteiger partial charge in [-0.3, -0.25) is 4.79 Å². The topological polar surface area (TPSA) is 47.6 Å². The fourth-order valence-corrected chi connectivity index (χ4v) is 2.01. The number of hydrogen-bond acceptors (Lipinski definition) is 3. The summed E-state index contributed by atoms with van der Waals surface area (Å²) in [5, 5.41) is 2.79. The van der Waals surface area contributed by atoms with Gasteiger partial charge in [-0.2, -0.15) is 0 Å². The van der Waals surface area contributed by atoms with Crippen molar-refractivity contribution in [3.05, 3.63) is 29.8 Å². The van der Waals surface area contributed by atoms with Gasteiger partial charge in [0.15, 0.2) is 6.29 Å². The standard InChI is InChI=1S/C15H22ClNO3/c1-5-19-11(4)20-14(16)15(18)17-13-9-7-6-8-12(13)10(2)3/h6-11,14H,5H2,1-4H3,(H,17,18). The third-order valence-corrected chi connectivity index (χ3v) is 3.06. The molecule has 2 atom stereocenters. The Labute approximate surface area is 125 Å². The van der Waals surface area contributed by atoms with Crippen LogP contribution in [0.2, 0.25) is 0 Å². The van der Waals surface area contributed by atoms with Crippen LogP contribution in [-0.2, 0) is 14.3 Å². The Morgan fingerprint density at radius 3 is 2.55 bits per heavy atom. The van der Waals surface area contributed by atoms with Gasteiger partial charge in [-0.15, -0.1) is 0 Å². The van der Waals surface area contributed by atoms with Gasteiger partial charge in [-0.1, -0.05) is 43.6 Å². The number of halogens is 1. The number of para-hydroxylation sites is 1. The highest BCUT2D eigenvalue weighted by Crippen LogP contribution is 2.24. The Morgan fingerprint density at radius 2 is 1.95 bits per heavy atom. The highest BCUT2D eigenvalue weighted by atomic mass is 35.5. The van der Waals surface area contributed by atoms with Crippen molar-refractivity contribution in [1.82, 2.24) is 0 Å². The number of carbonyl (C=O) groups is 1. The van der Waals surface area contributed by atoms with E-state index in [0.717, 1.165) is 11.3 Å². The van der Waals surface area contributed by atoms with Crippen LogP contribution in [-0.4, -0.2) is 24.4 Å². The first-order chi connectivity index (χ1) is 9.45. The minimum absolute atomic E-state index is 0.309. The second kappa shape index (κ2) is 8.25. The average Bonchev–Trinajstić information content (AvgIpc) is 2.39. The molecule has 0 fully saturated rings. The van der Waals surface area contributed by atoms with E-state index in [4.69, 9.17) is 21.1 Å². The molecule has 0 heterocycles. The summed E-state index contributed by atoms with van der Waals surface area (Å²) in [6.45, 7) is 8.19. The molecule has 1 aromatic rings. The molecule has 0 saturated heterocycles. The van der Waals surface area contributed by atoms with E-state index in [1.165, 1.54) is 0 Å². The number of benzene rings is 1. The Kier molecular flexibility index (Phi) is 6.99. The molecule has 0 aliphatic rings. The van der Waals surface area contributed by atoms with Crippen LogP contribution in [0.4, 0.5) is 5.69 Å². The molecule has 0 bridgehead atoms. The molecule has 0 aliphatic carbocycles. The first-order valence-electron chi connectivity index (χ1n) is 6.76. The maximum absolute atomic E-state index is 12.0. The highest BCUT2D eigenvalue weighted by Gasteiger charge is 2.20. The minimum atomic E-state index is -1.09. The van der Waals surface area contributed by atoms with E-state index in [9.17, 15) is 4.79 Å². The van der Waals surface area contributed by atoms with Crippen molar-refractivity contribution in [2.45, 2.75) is 45.5 Å². The Morgan fingerprint density at radius 1 is 1.30 bits per heavy atom. The van der Waals surface area contributed by atoms with Gasteiger partial charge in [0.2, 0.25) is 5.56 Å². The normalized spacial score (nSPS) is 14.1. The molecule has 20 heavy (non-hydrogen) atoms. The van der Waals surface area contributed by atoms with Gasteiger partial charge in [-0.25, -0.2) is 0 Å². The quantitative estimate of drug-likeness (QED) is 0.617. The Hall–Kier alpha value is -1.10. The van der Waals surface area contributed by atoms with Crippen LogP contribution in [0.1, 0.15) is 39.2 Å². The lowest BCUT2D eigenvalue weighted by atomic mass is 10.0. The molecule has 1 amide bonds. The number of ether oxygens (including phenoxy) is 2. The van der Waals surface area contributed by atoms with Crippen molar-refractivity contribution in [1.29, 1.82) is 0 Å². The number of amides is 1. The third kappa shape index (κ3) is 5.12. The summed E-state index contributed by atoms with van der Waals surface area (Å²) in [4.78, 5) is 12.0. The Balaban J connectivity index is 2.66. The average molecular weight is 300 g/mol. The van der Waals surface area contributed by atoms with E-state index in [2.05, 4.69) is 19.2 Å². The van der Waals surface area contributed by atoms with E-state index in [0.29, 0.717) is 12.5 Å². The number of nitrogens with one attached hydrogen (secondary N) is 1. The maximum Gasteiger partial charge on any atom is 0.269 e. The lowest BCUT2D eigenvalue weighted by Crippen LogP contribution is -2.30. The summed E-state index contributed by atoms with van der Waals surface area (Å²) in [7, 11) is 0. The number of anilines is 1. The zero-order chi connectivity index (χ0) is 15.1. The van der Waals surface area contributed by atoms with E-state index in [1.807, 2.05) is 31.2 Å². The molecule has 0 aromatic heterocycles. The molecule has 0 aliphatic heterocycles. The van der Waals surface area contributed by atoms with Gasteiger partial charge in [0.25, 0.3) is 5.91 Å². The van der Waals surface area contributed by atoms with Crippen LogP contribution in [0.25, 0.3) is 0 Å². The fraction of sp³-hybridized carbons (Fsp3) is 0.533. The smallest absolute Gasteiger partial charge is 0.269 e. The number of alkyl halides is 1. The SMILES string of the molecule is CCOC(C)OC(Cl)C(=O)Nc1ccccc1C(C)C. The number of rotatable bonds is 7. The first kappa shape index (κ1) is 17.0. The molecule has 4 nitrogen and oxygen atoms in total. The lowest BCUT2D eigenvalue weighted by molar-refractivity contribution is -0.153. The summed E-state index contributed by atoms with van der Waals surface area (Å²) in [5.74, 6) is -0.0881. The predicted molar refractivity (Wildman–Crippen MR) is 81.0 cm³/mol. The van der Waals surface area contributed by atoms with E-state index >= 15 is 0 Å². The number of carbonyl (C=O) groups excluding carboxylic acids is 1. The molecule has 0 saturated carbocycles. The molecule has 1 N–H and O–H groups in total. The van der Waals surface area contributed by atoms with Gasteiger partial charge in [0.05, 0.1) is 0 Å². The zero-order valence-corrected chi connectivity index (χ0v) is 13.1. The van der Waals surface area contributed by atoms with Gasteiger partial charge in [-0.05, 0) is 31.4 Å². The molecular weight excluding hydrogens is 278 g/mol. The van der Waals surface area contributed by atoms with Crippen LogP contribution >= 0.6 is 11.6 Å². The van der Waals surface area contributed by atoms with Crippen LogP contribution in [0.3, 0.4) is 0 Å². The van der Waals surface area contributed by atoms with Crippen LogP contribution in [0.15, 0.2) is 24.3 Å². The third-order valence-electron chi connectivity index (χ3n) is 2.76. The summed E-state index contributed by atoms with van der Waals surface area (Å²) in [6.07, 6.45) is -0.520. The van der Waals surface area contributed by atoms with Gasteiger partial charge in [0.1, 0.15) is 0 Å². The van der Waals surface area contributed by atoms with Crippen molar-refractivity contribution in [2.24, 2.45) is 0 Å². The summed E-state index contributed by atoms with van der Waals surface area (Å²) < 4.78 is 10.4. The van der Waals surface area contributed by atoms with Gasteiger partial charge < -0.3 is 14.8 Å². The molecule has 1 aromatic carbocycles. The van der Waals surface area contributed by atoms with Gasteiger partial charge >= 0.3 is 0 Å². The second-order valence-corrected chi connectivity index (χ2v) is 5.10. The first-order valence-corrected chi connectivity index (χ1v) is 7.20. The van der Waals surface area contributed by atoms with E-state index in [-0.39, 0.29) is 0 Å². The predicted octanol–water partition coefficient (Wildman–Crippen LogP) is 3.71. The fourth-order valence-electron chi connectivity index (χ4n) is 1.81. The second-order valence-electron chi connectivity index (χ2n) is 4.71. The molecule has 2 unspecified atom stereocenters. The Bertz CT molecular complexity index is 437. The van der Waals surface area contributed by atoms with Crippen molar-refractivity contribution in [3.63, 3.8) is 0 Å². The largest absolute Gasteiger partial charge is 0.353 e. The van der Waals surface area contributed by atoms with Crippen LogP contribution < -0.4 is 5.32 Å². The molecule has 112 valence electrons. The van der Waals surface area contributed by atoms with Crippen molar-refractivity contribution >= 4 is 23.2 Å². The monoisotopic (exact) mass is 299 g/mol. The maximum atomic E-state index is 12.0. The summed E-state index contributed by atoms with van der Waals surface area (Å²) in [6, 6.07) is 7.64. The van der Waals surface area contributed by atoms with Crippen molar-refractivity contribution in [2.75, 3.05) is 11.9 Å². The lowest BCUT2D eigenvalue weighted by Gasteiger charge is -2.18. The highest BCUT2D eigenvalue weighted by molar-refractivity contribution is 6.31. The van der Waals surface area contributed by atoms with E-state index < -0.39 is 17.8 Å². The van der Waals surface area contributed by atoms with Crippen LogP contribution in [0, 0.1) is 0 Å². The molecule has 0 radical (unpaired) electrons. The van der Waals surface area contributed by atoms with Crippen molar-refractivity contribution < 1.29 is 14.3 Å². The zero-order valence-electron chi connectivity index (χ0n) is 12.4. The van der Waals surface area contributed by atoms with E-state index in [1.54, 1.807) is 6.92 Å². The van der Waals surface area contributed by atoms with Crippen LogP contribution in [0.5, 0.6) is 0 Å². The summed E-state index contributed by atoms with van der Waals surface area (Å²) in [5.41, 5.74) is 0.727. The molecule has 1 rings (SSSR count). The number of hydrogen-bond donors (Lipinski definition) is 1. The molecule has 0 spiro atoms. The molecular formula is C15H22ClNO3. The minimum Gasteiger partial charge on any atom is -0.353 e. The molecule has 5 heteroatoms. The van der Waals surface area contributed by atoms with Crippen molar-refractivity contribution in [3.8, 4) is 0 Å².